The van der Waals surface area contributed by atoms with Crippen molar-refractivity contribution in [3.8, 4) is 5.75 Å². The van der Waals surface area contributed by atoms with Crippen molar-refractivity contribution in [3.63, 3.8) is 0 Å². The second-order valence-electron chi connectivity index (χ2n) is 5.45. The molecule has 0 spiro atoms. The predicted molar refractivity (Wildman–Crippen MR) is 95.0 cm³/mol. The van der Waals surface area contributed by atoms with Gasteiger partial charge in [-0.05, 0) is 42.0 Å². The number of benzene rings is 2. The average molecular weight is 357 g/mol. The Morgan fingerprint density at radius 2 is 1.54 bits per heavy atom. The molecule has 0 radical (unpaired) electrons. The molecular weight excluding hydrogens is 338 g/mol. The van der Waals surface area contributed by atoms with Crippen LogP contribution in [0.5, 0.6) is 5.75 Å². The second-order valence-corrected chi connectivity index (χ2v) is 5.45. The van der Waals surface area contributed by atoms with Crippen LogP contribution in [0.4, 0.5) is 10.5 Å². The first-order valence-corrected chi connectivity index (χ1v) is 7.87. The first-order valence-electron chi connectivity index (χ1n) is 7.87. The summed E-state index contributed by atoms with van der Waals surface area (Å²) >= 11 is 0. The average Bonchev–Trinajstić information content (AvgIpc) is 2.62. The van der Waals surface area contributed by atoms with Gasteiger partial charge >= 0.3 is 12.0 Å². The van der Waals surface area contributed by atoms with Gasteiger partial charge in [0.05, 0.1) is 6.42 Å². The van der Waals surface area contributed by atoms with Gasteiger partial charge in [0.25, 0.3) is 5.91 Å². The Morgan fingerprint density at radius 1 is 0.885 bits per heavy atom. The molecule has 8 heteroatoms. The van der Waals surface area contributed by atoms with Crippen molar-refractivity contribution >= 4 is 23.6 Å². The largest absolute Gasteiger partial charge is 0.508 e. The lowest BCUT2D eigenvalue weighted by atomic mass is 10.1. The molecule has 2 aromatic carbocycles. The van der Waals surface area contributed by atoms with E-state index in [-0.39, 0.29) is 31.2 Å². The first kappa shape index (κ1) is 18.8. The van der Waals surface area contributed by atoms with Gasteiger partial charge in [-0.2, -0.15) is 0 Å². The van der Waals surface area contributed by atoms with Crippen LogP contribution in [0.25, 0.3) is 0 Å². The molecule has 0 aromatic heterocycles. The zero-order valence-electron chi connectivity index (χ0n) is 13.9. The minimum absolute atomic E-state index is 0.0644. The minimum Gasteiger partial charge on any atom is -0.508 e. The lowest BCUT2D eigenvalue weighted by Crippen LogP contribution is -2.28. The molecule has 0 bridgehead atoms. The maximum Gasteiger partial charge on any atom is 0.319 e. The first-order chi connectivity index (χ1) is 12.4. The fourth-order valence-corrected chi connectivity index (χ4v) is 2.06. The number of hydrogen-bond donors (Lipinski definition) is 5. The predicted octanol–water partition coefficient (Wildman–Crippen LogP) is 1.92. The van der Waals surface area contributed by atoms with E-state index in [2.05, 4.69) is 16.0 Å². The molecule has 26 heavy (non-hydrogen) atoms. The highest BCUT2D eigenvalue weighted by Crippen LogP contribution is 2.13. The molecule has 0 aliphatic carbocycles. The lowest BCUT2D eigenvalue weighted by Gasteiger charge is -2.09. The van der Waals surface area contributed by atoms with Crippen molar-refractivity contribution in [2.24, 2.45) is 0 Å². The van der Waals surface area contributed by atoms with Crippen LogP contribution in [0.3, 0.4) is 0 Å². The van der Waals surface area contributed by atoms with E-state index in [1.807, 2.05) is 0 Å². The van der Waals surface area contributed by atoms with Gasteiger partial charge in [-0.1, -0.05) is 12.1 Å². The van der Waals surface area contributed by atoms with Crippen LogP contribution in [-0.4, -0.2) is 34.7 Å². The van der Waals surface area contributed by atoms with Crippen LogP contribution in [0.1, 0.15) is 22.3 Å². The third-order valence-corrected chi connectivity index (χ3v) is 3.42. The van der Waals surface area contributed by atoms with Crippen molar-refractivity contribution < 1.29 is 24.6 Å². The third-order valence-electron chi connectivity index (χ3n) is 3.42. The Morgan fingerprint density at radius 3 is 2.15 bits per heavy atom. The summed E-state index contributed by atoms with van der Waals surface area (Å²) in [6.45, 7) is 0.333. The number of hydrogen-bond acceptors (Lipinski definition) is 4. The lowest BCUT2D eigenvalue weighted by molar-refractivity contribution is -0.136. The van der Waals surface area contributed by atoms with Crippen molar-refractivity contribution in [1.82, 2.24) is 10.6 Å². The topological polar surface area (TPSA) is 128 Å². The number of amides is 3. The number of aliphatic carboxylic acids is 1. The molecule has 3 amide bonds. The smallest absolute Gasteiger partial charge is 0.319 e. The van der Waals surface area contributed by atoms with Crippen molar-refractivity contribution in [2.75, 3.05) is 11.9 Å². The number of carbonyl (C=O) groups is 3. The van der Waals surface area contributed by atoms with Gasteiger partial charge < -0.3 is 26.2 Å². The molecule has 2 aromatic rings. The third kappa shape index (κ3) is 6.16. The molecule has 0 aliphatic heterocycles. The van der Waals surface area contributed by atoms with Gasteiger partial charge in [0.2, 0.25) is 0 Å². The summed E-state index contributed by atoms with van der Waals surface area (Å²) in [4.78, 5) is 34.1. The summed E-state index contributed by atoms with van der Waals surface area (Å²) in [5.74, 6) is -1.21. The molecule has 0 saturated carbocycles. The number of rotatable bonds is 7. The number of carboxylic acid groups (broad SMARTS) is 1. The van der Waals surface area contributed by atoms with Crippen molar-refractivity contribution in [1.29, 1.82) is 0 Å². The number of carboxylic acids is 1. The van der Waals surface area contributed by atoms with Crippen LogP contribution in [-0.2, 0) is 11.3 Å². The number of urea groups is 1. The molecule has 2 rings (SSSR count). The monoisotopic (exact) mass is 357 g/mol. The highest BCUT2D eigenvalue weighted by molar-refractivity contribution is 5.94. The minimum atomic E-state index is -0.975. The van der Waals surface area contributed by atoms with E-state index < -0.39 is 12.0 Å². The maximum atomic E-state index is 11.8. The maximum absolute atomic E-state index is 11.8. The van der Waals surface area contributed by atoms with Crippen LogP contribution in [0.2, 0.25) is 0 Å². The van der Waals surface area contributed by atoms with Gasteiger partial charge in [0.1, 0.15) is 5.75 Å². The van der Waals surface area contributed by atoms with Gasteiger partial charge in [0, 0.05) is 24.3 Å². The summed E-state index contributed by atoms with van der Waals surface area (Å²) in [6, 6.07) is 12.3. The Kier molecular flexibility index (Phi) is 6.55. The summed E-state index contributed by atoms with van der Waals surface area (Å²) < 4.78 is 0. The van der Waals surface area contributed by atoms with Gasteiger partial charge in [-0.3, -0.25) is 9.59 Å². The Labute approximate surface area is 149 Å². The molecular formula is C18H19N3O5. The fraction of sp³-hybridized carbons (Fsp3) is 0.167. The van der Waals surface area contributed by atoms with Gasteiger partial charge in [-0.25, -0.2) is 4.79 Å². The van der Waals surface area contributed by atoms with Gasteiger partial charge in [-0.15, -0.1) is 0 Å². The molecule has 0 aliphatic rings. The zero-order valence-corrected chi connectivity index (χ0v) is 13.9. The number of aromatic hydroxyl groups is 1. The fourth-order valence-electron chi connectivity index (χ4n) is 2.06. The highest BCUT2D eigenvalue weighted by atomic mass is 16.4. The van der Waals surface area contributed by atoms with E-state index in [1.165, 1.54) is 12.1 Å². The van der Waals surface area contributed by atoms with Gasteiger partial charge in [0.15, 0.2) is 0 Å². The molecule has 0 heterocycles. The number of carbonyl (C=O) groups excluding carboxylic acids is 2. The van der Waals surface area contributed by atoms with E-state index >= 15 is 0 Å². The quantitative estimate of drug-likeness (QED) is 0.484. The molecule has 0 atom stereocenters. The molecule has 8 nitrogen and oxygen atoms in total. The highest BCUT2D eigenvalue weighted by Gasteiger charge is 2.07. The normalized spacial score (nSPS) is 10.0. The summed E-state index contributed by atoms with van der Waals surface area (Å²) in [5.41, 5.74) is 1.76. The zero-order chi connectivity index (χ0) is 18.9. The van der Waals surface area contributed by atoms with Crippen molar-refractivity contribution in [2.45, 2.75) is 13.0 Å². The van der Waals surface area contributed by atoms with Crippen LogP contribution < -0.4 is 16.0 Å². The second kappa shape index (κ2) is 9.07. The summed E-state index contributed by atoms with van der Waals surface area (Å²) in [7, 11) is 0. The number of nitrogens with one attached hydrogen (secondary N) is 3. The van der Waals surface area contributed by atoms with E-state index in [0.29, 0.717) is 11.3 Å². The van der Waals surface area contributed by atoms with E-state index in [4.69, 9.17) is 5.11 Å². The number of phenols is 1. The summed E-state index contributed by atoms with van der Waals surface area (Å²) in [6.07, 6.45) is -0.135. The molecule has 136 valence electrons. The number of anilines is 1. The standard InChI is InChI=1S/C18H19N3O5/c22-15-7-5-14(6-8-15)21-18(26)20-11-12-1-3-13(4-2-12)17(25)19-10-9-16(23)24/h1-8,22H,9-11H2,(H,19,25)(H,23,24)(H2,20,21,26). The van der Waals surface area contributed by atoms with Crippen LogP contribution in [0, 0.1) is 0 Å². The molecule has 0 unspecified atom stereocenters. The van der Waals surface area contributed by atoms with Crippen LogP contribution in [0.15, 0.2) is 48.5 Å². The number of phenolic OH excluding ortho intramolecular Hbond substituents is 1. The van der Waals surface area contributed by atoms with Crippen LogP contribution >= 0.6 is 0 Å². The SMILES string of the molecule is O=C(O)CCNC(=O)c1ccc(CNC(=O)Nc2ccc(O)cc2)cc1. The van der Waals surface area contributed by atoms with E-state index in [1.54, 1.807) is 36.4 Å². The summed E-state index contributed by atoms with van der Waals surface area (Å²) in [5, 5.41) is 25.6. The Balaban J connectivity index is 1.79. The Hall–Kier alpha value is -3.55. The molecule has 5 N–H and O–H groups in total. The van der Waals surface area contributed by atoms with E-state index in [9.17, 15) is 19.5 Å². The Bertz CT molecular complexity index is 772. The van der Waals surface area contributed by atoms with E-state index in [0.717, 1.165) is 5.56 Å². The molecule has 0 saturated heterocycles. The van der Waals surface area contributed by atoms with Crippen molar-refractivity contribution in [3.05, 3.63) is 59.7 Å². The molecule has 0 fully saturated rings.